The highest BCUT2D eigenvalue weighted by Crippen LogP contribution is 2.24. The van der Waals surface area contributed by atoms with Crippen LogP contribution < -0.4 is 0 Å². The van der Waals surface area contributed by atoms with Crippen LogP contribution in [0.1, 0.15) is 32.3 Å². The Labute approximate surface area is 217 Å². The van der Waals surface area contributed by atoms with Crippen molar-refractivity contribution in [1.82, 2.24) is 4.31 Å². The van der Waals surface area contributed by atoms with Gasteiger partial charge in [-0.3, -0.25) is 14.9 Å². The fraction of sp³-hybridized carbons (Fsp3) is 0.500. The van der Waals surface area contributed by atoms with E-state index in [9.17, 15) is 28.4 Å². The summed E-state index contributed by atoms with van der Waals surface area (Å²) in [6.07, 6.45) is -0.598. The third-order valence-corrected chi connectivity index (χ3v) is 7.99. The SMILES string of the molecule is CC(C)CN(C[C@@H](O)[C@H](CC(=O)O[C@H]1CCOC1)Cc1ccccc1)S(=O)(=O)c1ccc([N+](=O)[O-])cc1. The number of aliphatic hydroxyl groups is 1. The summed E-state index contributed by atoms with van der Waals surface area (Å²) in [5.41, 5.74) is 0.681. The Morgan fingerprint density at radius 3 is 2.41 bits per heavy atom. The highest BCUT2D eigenvalue weighted by Gasteiger charge is 2.32. The Hall–Kier alpha value is -2.86. The predicted molar refractivity (Wildman–Crippen MR) is 136 cm³/mol. The Bertz CT molecular complexity index is 1130. The zero-order valence-electron chi connectivity index (χ0n) is 21.1. The largest absolute Gasteiger partial charge is 0.460 e. The van der Waals surface area contributed by atoms with E-state index in [-0.39, 0.29) is 42.1 Å². The first-order chi connectivity index (χ1) is 17.6. The molecule has 1 aliphatic rings. The normalized spacial score (nSPS) is 17.6. The maximum Gasteiger partial charge on any atom is 0.306 e. The number of ether oxygens (including phenoxy) is 2. The predicted octanol–water partition coefficient (Wildman–Crippen LogP) is 3.18. The number of carbonyl (C=O) groups excluding carboxylic acids is 1. The number of hydrogen-bond donors (Lipinski definition) is 1. The van der Waals surface area contributed by atoms with Gasteiger partial charge in [-0.1, -0.05) is 44.2 Å². The number of non-ortho nitro benzene ring substituents is 1. The van der Waals surface area contributed by atoms with E-state index in [0.717, 1.165) is 17.7 Å². The minimum atomic E-state index is -4.07. The van der Waals surface area contributed by atoms with Crippen LogP contribution in [0.25, 0.3) is 0 Å². The molecule has 0 bridgehead atoms. The van der Waals surface area contributed by atoms with Crippen LogP contribution >= 0.6 is 0 Å². The molecule has 0 spiro atoms. The molecular weight excluding hydrogens is 500 g/mol. The number of carbonyl (C=O) groups is 1. The molecule has 0 unspecified atom stereocenters. The molecule has 1 fully saturated rings. The average molecular weight is 535 g/mol. The molecule has 11 heteroatoms. The topological polar surface area (TPSA) is 136 Å². The summed E-state index contributed by atoms with van der Waals surface area (Å²) in [7, 11) is -4.07. The highest BCUT2D eigenvalue weighted by molar-refractivity contribution is 7.89. The van der Waals surface area contributed by atoms with Crippen molar-refractivity contribution in [1.29, 1.82) is 0 Å². The lowest BCUT2D eigenvalue weighted by molar-refractivity contribution is -0.384. The van der Waals surface area contributed by atoms with Crippen molar-refractivity contribution in [2.45, 2.75) is 50.2 Å². The molecule has 1 N–H and O–H groups in total. The lowest BCUT2D eigenvalue weighted by Gasteiger charge is -2.30. The number of nitro groups is 1. The van der Waals surface area contributed by atoms with Crippen LogP contribution in [0.4, 0.5) is 5.69 Å². The lowest BCUT2D eigenvalue weighted by atomic mass is 9.90. The second-order valence-electron chi connectivity index (χ2n) is 9.66. The van der Waals surface area contributed by atoms with Gasteiger partial charge < -0.3 is 14.6 Å². The molecule has 3 atom stereocenters. The standard InChI is InChI=1S/C26H34N2O8S/c1-19(2)16-27(37(33,34)24-10-8-22(9-11-24)28(31)32)17-25(29)21(14-20-6-4-3-5-7-20)15-26(30)36-23-12-13-35-18-23/h3-11,19,21,23,25,29H,12-18H2,1-2H3/t21-,23-,25+/m0/s1. The van der Waals surface area contributed by atoms with Gasteiger partial charge in [0.25, 0.3) is 5.69 Å². The average Bonchev–Trinajstić information content (AvgIpc) is 3.36. The molecule has 0 aromatic heterocycles. The Morgan fingerprint density at radius 1 is 1.16 bits per heavy atom. The number of hydrogen-bond acceptors (Lipinski definition) is 8. The van der Waals surface area contributed by atoms with Gasteiger partial charge in [-0.05, 0) is 30.0 Å². The van der Waals surface area contributed by atoms with E-state index in [0.29, 0.717) is 26.1 Å². The van der Waals surface area contributed by atoms with Crippen LogP contribution in [-0.4, -0.2) is 67.2 Å². The van der Waals surface area contributed by atoms with Crippen molar-refractivity contribution >= 4 is 21.7 Å². The third-order valence-electron chi connectivity index (χ3n) is 6.14. The molecule has 0 radical (unpaired) electrons. The zero-order chi connectivity index (χ0) is 27.0. The summed E-state index contributed by atoms with van der Waals surface area (Å²) in [6, 6.07) is 14.0. The van der Waals surface area contributed by atoms with Gasteiger partial charge in [0.15, 0.2) is 0 Å². The van der Waals surface area contributed by atoms with Gasteiger partial charge in [-0.15, -0.1) is 0 Å². The first kappa shape index (κ1) is 28.7. The maximum atomic E-state index is 13.5. The van der Waals surface area contributed by atoms with Gasteiger partial charge in [-0.2, -0.15) is 4.31 Å². The van der Waals surface area contributed by atoms with E-state index in [1.54, 1.807) is 0 Å². The Morgan fingerprint density at radius 2 is 1.84 bits per heavy atom. The van der Waals surface area contributed by atoms with Gasteiger partial charge in [0, 0.05) is 37.6 Å². The van der Waals surface area contributed by atoms with Crippen LogP contribution in [-0.2, 0) is 30.7 Å². The van der Waals surface area contributed by atoms with Crippen LogP contribution in [0.5, 0.6) is 0 Å². The minimum Gasteiger partial charge on any atom is -0.460 e. The lowest BCUT2D eigenvalue weighted by Crippen LogP contribution is -2.43. The van der Waals surface area contributed by atoms with E-state index in [2.05, 4.69) is 0 Å². The highest BCUT2D eigenvalue weighted by atomic mass is 32.2. The van der Waals surface area contributed by atoms with Gasteiger partial charge in [0.2, 0.25) is 10.0 Å². The molecule has 0 aliphatic carbocycles. The zero-order valence-corrected chi connectivity index (χ0v) is 21.9. The monoisotopic (exact) mass is 534 g/mol. The number of benzene rings is 2. The summed E-state index contributed by atoms with van der Waals surface area (Å²) in [4.78, 5) is 23.0. The quantitative estimate of drug-likeness (QED) is 0.235. The van der Waals surface area contributed by atoms with Crippen LogP contribution in [0.3, 0.4) is 0 Å². The van der Waals surface area contributed by atoms with Crippen LogP contribution in [0.15, 0.2) is 59.5 Å². The first-order valence-corrected chi connectivity index (χ1v) is 13.7. The molecular formula is C26H34N2O8S. The minimum absolute atomic E-state index is 0.0556. The Balaban J connectivity index is 1.81. The molecule has 10 nitrogen and oxygen atoms in total. The van der Waals surface area contributed by atoms with Gasteiger partial charge in [0.05, 0.1) is 35.6 Å². The molecule has 0 saturated carbocycles. The number of esters is 1. The number of sulfonamides is 1. The second kappa shape index (κ2) is 13.1. The first-order valence-electron chi connectivity index (χ1n) is 12.3. The molecule has 202 valence electrons. The third kappa shape index (κ3) is 8.32. The molecule has 3 rings (SSSR count). The number of aliphatic hydroxyl groups excluding tert-OH is 1. The van der Waals surface area contributed by atoms with E-state index in [1.165, 1.54) is 16.4 Å². The van der Waals surface area contributed by atoms with Crippen molar-refractivity contribution in [3.8, 4) is 0 Å². The Kier molecular flexibility index (Phi) is 10.2. The van der Waals surface area contributed by atoms with Gasteiger partial charge in [0.1, 0.15) is 6.10 Å². The van der Waals surface area contributed by atoms with Gasteiger partial charge >= 0.3 is 5.97 Å². The van der Waals surface area contributed by atoms with Crippen molar-refractivity contribution in [3.05, 3.63) is 70.3 Å². The molecule has 1 aliphatic heterocycles. The summed E-state index contributed by atoms with van der Waals surface area (Å²) < 4.78 is 38.9. The van der Waals surface area contributed by atoms with Crippen molar-refractivity contribution in [3.63, 3.8) is 0 Å². The summed E-state index contributed by atoms with van der Waals surface area (Å²) in [6.45, 7) is 4.46. The molecule has 37 heavy (non-hydrogen) atoms. The van der Waals surface area contributed by atoms with Crippen LogP contribution in [0.2, 0.25) is 0 Å². The van der Waals surface area contributed by atoms with Crippen molar-refractivity contribution in [2.75, 3.05) is 26.3 Å². The number of nitro benzene ring substituents is 1. The van der Waals surface area contributed by atoms with Crippen molar-refractivity contribution < 1.29 is 32.7 Å². The fourth-order valence-electron chi connectivity index (χ4n) is 4.24. The number of nitrogens with zero attached hydrogens (tertiary/aromatic N) is 2. The fourth-order valence-corrected chi connectivity index (χ4v) is 5.86. The maximum absolute atomic E-state index is 13.5. The van der Waals surface area contributed by atoms with E-state index in [4.69, 9.17) is 9.47 Å². The molecule has 2 aromatic carbocycles. The smallest absolute Gasteiger partial charge is 0.306 e. The molecule has 2 aromatic rings. The van der Waals surface area contributed by atoms with E-state index < -0.39 is 32.9 Å². The summed E-state index contributed by atoms with van der Waals surface area (Å²) in [5.74, 6) is -1.12. The second-order valence-corrected chi connectivity index (χ2v) is 11.6. The summed E-state index contributed by atoms with van der Waals surface area (Å²) >= 11 is 0. The van der Waals surface area contributed by atoms with E-state index >= 15 is 0 Å². The number of rotatable bonds is 13. The molecule has 1 saturated heterocycles. The van der Waals surface area contributed by atoms with Gasteiger partial charge in [-0.25, -0.2) is 8.42 Å². The molecule has 0 amide bonds. The molecule has 1 heterocycles. The van der Waals surface area contributed by atoms with E-state index in [1.807, 2.05) is 44.2 Å². The van der Waals surface area contributed by atoms with Crippen molar-refractivity contribution in [2.24, 2.45) is 11.8 Å². The summed E-state index contributed by atoms with van der Waals surface area (Å²) in [5, 5.41) is 22.2. The van der Waals surface area contributed by atoms with Crippen LogP contribution in [0, 0.1) is 22.0 Å².